The molecule has 1 atom stereocenters. The van der Waals surface area contributed by atoms with Crippen LogP contribution in [-0.2, 0) is 9.59 Å². The summed E-state index contributed by atoms with van der Waals surface area (Å²) in [5, 5.41) is 11.9. The fourth-order valence-electron chi connectivity index (χ4n) is 2.34. The zero-order chi connectivity index (χ0) is 16.6. The fourth-order valence-corrected chi connectivity index (χ4v) is 3.31. The molecule has 0 spiro atoms. The number of rotatable bonds is 9. The van der Waals surface area contributed by atoms with E-state index in [1.807, 2.05) is 51.1 Å². The number of hydrogen-bond donors (Lipinski definition) is 2. The Morgan fingerprint density at radius 1 is 1.18 bits per heavy atom. The normalized spacial score (nSPS) is 12.7. The number of thioether (sulfide) groups is 1. The van der Waals surface area contributed by atoms with E-state index in [9.17, 15) is 9.59 Å². The molecule has 122 valence electrons. The van der Waals surface area contributed by atoms with Gasteiger partial charge in [0.2, 0.25) is 5.91 Å². The summed E-state index contributed by atoms with van der Waals surface area (Å²) in [4.78, 5) is 24.7. The van der Waals surface area contributed by atoms with Crippen LogP contribution in [0.25, 0.3) is 0 Å². The van der Waals surface area contributed by atoms with Crippen LogP contribution in [0.5, 0.6) is 0 Å². The number of nitrogens with one attached hydrogen (secondary N) is 1. The summed E-state index contributed by atoms with van der Waals surface area (Å²) in [7, 11) is 0. The Kier molecular flexibility index (Phi) is 7.45. The van der Waals surface area contributed by atoms with E-state index in [1.54, 1.807) is 0 Å². The Bertz CT molecular complexity index is 486. The van der Waals surface area contributed by atoms with E-state index in [2.05, 4.69) is 5.32 Å². The lowest BCUT2D eigenvalue weighted by Gasteiger charge is -2.33. The van der Waals surface area contributed by atoms with Gasteiger partial charge in [-0.3, -0.25) is 9.59 Å². The van der Waals surface area contributed by atoms with E-state index < -0.39 is 11.5 Å². The molecule has 1 unspecified atom stereocenters. The topological polar surface area (TPSA) is 66.4 Å². The molecule has 0 radical (unpaired) electrons. The second-order valence-electron chi connectivity index (χ2n) is 5.37. The SMILES string of the molecule is CCC(Sc1ccccc1)C(=O)NC(CC)(CC)CC(=O)O. The van der Waals surface area contributed by atoms with Crippen LogP contribution in [0.15, 0.2) is 35.2 Å². The lowest BCUT2D eigenvalue weighted by Crippen LogP contribution is -2.51. The van der Waals surface area contributed by atoms with E-state index in [0.717, 1.165) is 4.90 Å². The molecule has 0 aliphatic carbocycles. The molecular formula is C17H25NO3S. The van der Waals surface area contributed by atoms with Gasteiger partial charge in [0, 0.05) is 10.4 Å². The zero-order valence-corrected chi connectivity index (χ0v) is 14.3. The Balaban J connectivity index is 2.79. The first-order valence-corrected chi connectivity index (χ1v) is 8.59. The first-order chi connectivity index (χ1) is 10.5. The van der Waals surface area contributed by atoms with Crippen LogP contribution >= 0.6 is 11.8 Å². The van der Waals surface area contributed by atoms with Crippen molar-refractivity contribution in [2.24, 2.45) is 0 Å². The number of carboxylic acids is 1. The summed E-state index contributed by atoms with van der Waals surface area (Å²) >= 11 is 1.52. The largest absolute Gasteiger partial charge is 0.481 e. The second kappa shape index (κ2) is 8.83. The van der Waals surface area contributed by atoms with Gasteiger partial charge in [-0.15, -0.1) is 11.8 Å². The fraction of sp³-hybridized carbons (Fsp3) is 0.529. The van der Waals surface area contributed by atoms with Crippen LogP contribution in [0, 0.1) is 0 Å². The van der Waals surface area contributed by atoms with Crippen molar-refractivity contribution in [3.8, 4) is 0 Å². The second-order valence-corrected chi connectivity index (χ2v) is 6.65. The van der Waals surface area contributed by atoms with Crippen LogP contribution in [0.1, 0.15) is 46.5 Å². The maximum atomic E-state index is 12.6. The van der Waals surface area contributed by atoms with E-state index in [1.165, 1.54) is 11.8 Å². The smallest absolute Gasteiger partial charge is 0.305 e. The van der Waals surface area contributed by atoms with Gasteiger partial charge in [0.1, 0.15) is 0 Å². The maximum absolute atomic E-state index is 12.6. The molecule has 1 aromatic rings. The van der Waals surface area contributed by atoms with Gasteiger partial charge >= 0.3 is 5.97 Å². The first-order valence-electron chi connectivity index (χ1n) is 7.71. The quantitative estimate of drug-likeness (QED) is 0.680. The molecule has 0 bridgehead atoms. The molecule has 0 aromatic heterocycles. The molecular weight excluding hydrogens is 298 g/mol. The van der Waals surface area contributed by atoms with E-state index >= 15 is 0 Å². The van der Waals surface area contributed by atoms with Crippen molar-refractivity contribution in [3.05, 3.63) is 30.3 Å². The standard InChI is InChI=1S/C17H25NO3S/c1-4-14(22-13-10-8-7-9-11-13)16(21)18-17(5-2,6-3)12-15(19)20/h7-11,14H,4-6,12H2,1-3H3,(H,18,21)(H,19,20). The maximum Gasteiger partial charge on any atom is 0.305 e. The van der Waals surface area contributed by atoms with Gasteiger partial charge in [0.15, 0.2) is 0 Å². The lowest BCUT2D eigenvalue weighted by atomic mass is 9.88. The minimum absolute atomic E-state index is 0.0435. The zero-order valence-electron chi connectivity index (χ0n) is 13.5. The number of benzene rings is 1. The van der Waals surface area contributed by atoms with Crippen molar-refractivity contribution in [1.82, 2.24) is 5.32 Å². The van der Waals surface area contributed by atoms with Crippen LogP contribution in [0.2, 0.25) is 0 Å². The number of carbonyl (C=O) groups excluding carboxylic acids is 1. The predicted molar refractivity (Wildman–Crippen MR) is 90.1 cm³/mol. The molecule has 0 heterocycles. The minimum Gasteiger partial charge on any atom is -0.481 e. The van der Waals surface area contributed by atoms with Gasteiger partial charge in [-0.05, 0) is 31.4 Å². The summed E-state index contributed by atoms with van der Waals surface area (Å²) in [5.41, 5.74) is -0.659. The number of aliphatic carboxylic acids is 1. The Labute approximate surface area is 136 Å². The molecule has 0 aliphatic heterocycles. The number of carbonyl (C=O) groups is 2. The molecule has 1 rings (SSSR count). The average Bonchev–Trinajstić information content (AvgIpc) is 2.52. The van der Waals surface area contributed by atoms with Gasteiger partial charge in [-0.1, -0.05) is 39.0 Å². The molecule has 2 N–H and O–H groups in total. The number of carboxylic acid groups (broad SMARTS) is 1. The minimum atomic E-state index is -0.882. The molecule has 0 saturated carbocycles. The van der Waals surface area contributed by atoms with Gasteiger partial charge in [-0.25, -0.2) is 0 Å². The lowest BCUT2D eigenvalue weighted by molar-refractivity contribution is -0.139. The van der Waals surface area contributed by atoms with Gasteiger partial charge < -0.3 is 10.4 Å². The van der Waals surface area contributed by atoms with Crippen molar-refractivity contribution in [2.75, 3.05) is 0 Å². The monoisotopic (exact) mass is 323 g/mol. The molecule has 1 aromatic carbocycles. The highest BCUT2D eigenvalue weighted by atomic mass is 32.2. The Hall–Kier alpha value is -1.49. The summed E-state index contributed by atoms with van der Waals surface area (Å²) < 4.78 is 0. The molecule has 0 saturated heterocycles. The summed E-state index contributed by atoms with van der Waals surface area (Å²) in [5.74, 6) is -0.964. The highest BCUT2D eigenvalue weighted by Crippen LogP contribution is 2.27. The van der Waals surface area contributed by atoms with Gasteiger partial charge in [0.25, 0.3) is 0 Å². The third-order valence-electron chi connectivity index (χ3n) is 3.92. The Morgan fingerprint density at radius 3 is 2.23 bits per heavy atom. The molecule has 0 fully saturated rings. The van der Waals surface area contributed by atoms with Crippen molar-refractivity contribution in [2.45, 2.75) is 62.1 Å². The van der Waals surface area contributed by atoms with Gasteiger partial charge in [0.05, 0.1) is 11.7 Å². The van der Waals surface area contributed by atoms with Crippen LogP contribution in [-0.4, -0.2) is 27.8 Å². The van der Waals surface area contributed by atoms with Crippen LogP contribution in [0.3, 0.4) is 0 Å². The first kappa shape index (κ1) is 18.6. The van der Waals surface area contributed by atoms with Crippen molar-refractivity contribution in [1.29, 1.82) is 0 Å². The predicted octanol–water partition coefficient (Wildman–Crippen LogP) is 3.71. The van der Waals surface area contributed by atoms with Crippen molar-refractivity contribution in [3.63, 3.8) is 0 Å². The Morgan fingerprint density at radius 2 is 1.77 bits per heavy atom. The summed E-state index contributed by atoms with van der Waals surface area (Å²) in [6.07, 6.45) is 1.86. The average molecular weight is 323 g/mol. The van der Waals surface area contributed by atoms with Crippen molar-refractivity contribution < 1.29 is 14.7 Å². The number of hydrogen-bond acceptors (Lipinski definition) is 3. The van der Waals surface area contributed by atoms with Crippen LogP contribution < -0.4 is 5.32 Å². The van der Waals surface area contributed by atoms with E-state index in [-0.39, 0.29) is 17.6 Å². The third kappa shape index (κ3) is 5.37. The number of amides is 1. The molecule has 0 aliphatic rings. The summed E-state index contributed by atoms with van der Waals surface area (Å²) in [6.45, 7) is 5.80. The molecule has 5 heteroatoms. The molecule has 1 amide bonds. The highest BCUT2D eigenvalue weighted by Gasteiger charge is 2.33. The van der Waals surface area contributed by atoms with Crippen LogP contribution in [0.4, 0.5) is 0 Å². The summed E-state index contributed by atoms with van der Waals surface area (Å²) in [6, 6.07) is 9.78. The van der Waals surface area contributed by atoms with Gasteiger partial charge in [-0.2, -0.15) is 0 Å². The van der Waals surface area contributed by atoms with E-state index in [4.69, 9.17) is 5.11 Å². The third-order valence-corrected chi connectivity index (χ3v) is 5.29. The molecule has 4 nitrogen and oxygen atoms in total. The van der Waals surface area contributed by atoms with E-state index in [0.29, 0.717) is 19.3 Å². The van der Waals surface area contributed by atoms with Crippen molar-refractivity contribution >= 4 is 23.6 Å². The molecule has 22 heavy (non-hydrogen) atoms. The highest BCUT2D eigenvalue weighted by molar-refractivity contribution is 8.00.